The van der Waals surface area contributed by atoms with Crippen molar-refractivity contribution >= 4 is 33.7 Å². The number of hydrogen-bond acceptors (Lipinski definition) is 5. The Kier molecular flexibility index (Phi) is 5.81. The molecule has 0 unspecified atom stereocenters. The van der Waals surface area contributed by atoms with Crippen LogP contribution in [-0.2, 0) is 4.79 Å². The third-order valence-corrected chi connectivity index (χ3v) is 3.14. The van der Waals surface area contributed by atoms with Crippen LogP contribution in [0.4, 0.5) is 5.69 Å². The number of carbonyl (C=O) groups excluding carboxylic acids is 1. The Morgan fingerprint density at radius 1 is 1.30 bits per heavy atom. The Balaban J connectivity index is 1.84. The van der Waals surface area contributed by atoms with Gasteiger partial charge in [0.2, 0.25) is 0 Å². The quantitative estimate of drug-likeness (QED) is 0.475. The Hall–Kier alpha value is -2.74. The zero-order chi connectivity index (χ0) is 16.7. The molecular formula is C15H12BrN3O4. The topological polar surface area (TPSA) is 93.8 Å². The average Bonchev–Trinajstić information content (AvgIpc) is 2.53. The van der Waals surface area contributed by atoms with E-state index >= 15 is 0 Å². The van der Waals surface area contributed by atoms with E-state index in [1.54, 1.807) is 24.3 Å². The number of nitro benzene ring substituents is 1. The van der Waals surface area contributed by atoms with Crippen molar-refractivity contribution < 1.29 is 14.5 Å². The summed E-state index contributed by atoms with van der Waals surface area (Å²) in [6.45, 7) is -0.192. The maximum Gasteiger partial charge on any atom is 0.277 e. The molecule has 0 aliphatic carbocycles. The molecular weight excluding hydrogens is 366 g/mol. The van der Waals surface area contributed by atoms with Crippen LogP contribution in [0, 0.1) is 10.1 Å². The predicted octanol–water partition coefficient (Wildman–Crippen LogP) is 2.89. The van der Waals surface area contributed by atoms with Gasteiger partial charge in [0.05, 0.1) is 11.1 Å². The first-order valence-corrected chi connectivity index (χ1v) is 7.28. The molecule has 0 spiro atoms. The third-order valence-electron chi connectivity index (χ3n) is 2.65. The molecule has 0 aliphatic heterocycles. The smallest absolute Gasteiger partial charge is 0.277 e. The molecule has 0 aliphatic rings. The van der Waals surface area contributed by atoms with E-state index in [-0.39, 0.29) is 12.3 Å². The molecule has 1 N–H and O–H groups in total. The van der Waals surface area contributed by atoms with E-state index in [4.69, 9.17) is 4.74 Å². The van der Waals surface area contributed by atoms with Gasteiger partial charge in [0, 0.05) is 22.2 Å². The molecule has 118 valence electrons. The maximum atomic E-state index is 11.6. The van der Waals surface area contributed by atoms with Crippen molar-refractivity contribution in [2.75, 3.05) is 6.61 Å². The van der Waals surface area contributed by atoms with Gasteiger partial charge in [-0.3, -0.25) is 14.9 Å². The van der Waals surface area contributed by atoms with Gasteiger partial charge in [0.25, 0.3) is 11.6 Å². The Morgan fingerprint density at radius 3 is 2.83 bits per heavy atom. The first kappa shape index (κ1) is 16.6. The minimum absolute atomic E-state index is 0.0433. The minimum atomic E-state index is -0.498. The second kappa shape index (κ2) is 8.04. The zero-order valence-electron chi connectivity index (χ0n) is 11.8. The number of halogens is 1. The summed E-state index contributed by atoms with van der Waals surface area (Å²) in [4.78, 5) is 21.7. The van der Waals surface area contributed by atoms with Gasteiger partial charge in [-0.1, -0.05) is 34.1 Å². The molecule has 8 heteroatoms. The lowest BCUT2D eigenvalue weighted by Gasteiger charge is -2.05. The number of ether oxygens (including phenoxy) is 1. The van der Waals surface area contributed by atoms with E-state index in [1.165, 1.54) is 24.4 Å². The highest BCUT2D eigenvalue weighted by molar-refractivity contribution is 9.10. The van der Waals surface area contributed by atoms with Crippen LogP contribution < -0.4 is 10.2 Å². The lowest BCUT2D eigenvalue weighted by molar-refractivity contribution is -0.384. The van der Waals surface area contributed by atoms with Crippen LogP contribution in [0.1, 0.15) is 5.56 Å². The molecule has 0 heterocycles. The summed E-state index contributed by atoms with van der Waals surface area (Å²) in [5.74, 6) is 0.115. The molecule has 0 fully saturated rings. The van der Waals surface area contributed by atoms with Crippen LogP contribution in [0.15, 0.2) is 58.1 Å². The second-order valence-corrected chi connectivity index (χ2v) is 5.31. The number of benzene rings is 2. The van der Waals surface area contributed by atoms with Gasteiger partial charge in [0.15, 0.2) is 6.61 Å². The van der Waals surface area contributed by atoms with Crippen molar-refractivity contribution in [3.05, 3.63) is 68.7 Å². The van der Waals surface area contributed by atoms with E-state index in [2.05, 4.69) is 26.5 Å². The molecule has 0 saturated heterocycles. The van der Waals surface area contributed by atoms with Gasteiger partial charge in [-0.2, -0.15) is 5.10 Å². The highest BCUT2D eigenvalue weighted by Gasteiger charge is 2.04. The van der Waals surface area contributed by atoms with Gasteiger partial charge in [0.1, 0.15) is 5.75 Å². The second-order valence-electron chi connectivity index (χ2n) is 4.39. The number of nitrogens with zero attached hydrogens (tertiary/aromatic N) is 2. The summed E-state index contributed by atoms with van der Waals surface area (Å²) < 4.78 is 6.14. The standard InChI is InChI=1S/C15H12BrN3O4/c16-12-4-2-6-14(8-12)23-10-15(20)18-17-9-11-3-1-5-13(7-11)19(21)22/h1-9H,10H2,(H,18,20)/b17-9+. The molecule has 7 nitrogen and oxygen atoms in total. The summed E-state index contributed by atoms with van der Waals surface area (Å²) in [5, 5.41) is 14.4. The van der Waals surface area contributed by atoms with Crippen LogP contribution in [-0.4, -0.2) is 23.7 Å². The molecule has 23 heavy (non-hydrogen) atoms. The first-order valence-electron chi connectivity index (χ1n) is 6.49. The number of hydrogen-bond donors (Lipinski definition) is 1. The van der Waals surface area contributed by atoms with Crippen LogP contribution in [0.3, 0.4) is 0 Å². The Bertz CT molecular complexity index is 749. The van der Waals surface area contributed by atoms with E-state index in [0.29, 0.717) is 11.3 Å². The maximum absolute atomic E-state index is 11.6. The predicted molar refractivity (Wildman–Crippen MR) is 88.5 cm³/mol. The van der Waals surface area contributed by atoms with Gasteiger partial charge < -0.3 is 4.74 Å². The van der Waals surface area contributed by atoms with E-state index < -0.39 is 10.8 Å². The summed E-state index contributed by atoms with van der Waals surface area (Å²) in [5.41, 5.74) is 2.75. The third kappa shape index (κ3) is 5.51. The Labute approximate surface area is 140 Å². The minimum Gasteiger partial charge on any atom is -0.484 e. The van der Waals surface area contributed by atoms with Crippen LogP contribution in [0.5, 0.6) is 5.75 Å². The molecule has 0 radical (unpaired) electrons. The molecule has 2 rings (SSSR count). The summed E-state index contributed by atoms with van der Waals surface area (Å²) in [7, 11) is 0. The van der Waals surface area contributed by atoms with Crippen LogP contribution >= 0.6 is 15.9 Å². The highest BCUT2D eigenvalue weighted by atomic mass is 79.9. The highest BCUT2D eigenvalue weighted by Crippen LogP contribution is 2.17. The van der Waals surface area contributed by atoms with Crippen molar-refractivity contribution in [2.45, 2.75) is 0 Å². The van der Waals surface area contributed by atoms with Crippen molar-refractivity contribution in [1.29, 1.82) is 0 Å². The van der Waals surface area contributed by atoms with Gasteiger partial charge >= 0.3 is 0 Å². The van der Waals surface area contributed by atoms with E-state index in [9.17, 15) is 14.9 Å². The molecule has 2 aromatic rings. The van der Waals surface area contributed by atoms with Gasteiger partial charge in [-0.05, 0) is 18.2 Å². The fourth-order valence-electron chi connectivity index (χ4n) is 1.64. The number of amides is 1. The fraction of sp³-hybridized carbons (Fsp3) is 0.0667. The summed E-state index contributed by atoms with van der Waals surface area (Å²) in [6.07, 6.45) is 1.32. The molecule has 0 bridgehead atoms. The molecule has 0 aromatic heterocycles. The first-order chi connectivity index (χ1) is 11.0. The van der Waals surface area contributed by atoms with Gasteiger partial charge in [-0.25, -0.2) is 5.43 Å². The number of nitrogens with one attached hydrogen (secondary N) is 1. The van der Waals surface area contributed by atoms with Crippen molar-refractivity contribution in [3.8, 4) is 5.75 Å². The fourth-order valence-corrected chi connectivity index (χ4v) is 2.01. The number of nitro groups is 1. The normalized spacial score (nSPS) is 10.5. The molecule has 0 saturated carbocycles. The van der Waals surface area contributed by atoms with E-state index in [1.807, 2.05) is 6.07 Å². The lowest BCUT2D eigenvalue weighted by Crippen LogP contribution is -2.24. The summed E-state index contributed by atoms with van der Waals surface area (Å²) >= 11 is 3.30. The van der Waals surface area contributed by atoms with Crippen LogP contribution in [0.2, 0.25) is 0 Å². The van der Waals surface area contributed by atoms with Crippen molar-refractivity contribution in [2.24, 2.45) is 5.10 Å². The molecule has 0 atom stereocenters. The molecule has 2 aromatic carbocycles. The van der Waals surface area contributed by atoms with E-state index in [0.717, 1.165) is 4.47 Å². The monoisotopic (exact) mass is 377 g/mol. The Morgan fingerprint density at radius 2 is 2.09 bits per heavy atom. The number of hydrazone groups is 1. The van der Waals surface area contributed by atoms with Crippen molar-refractivity contribution in [3.63, 3.8) is 0 Å². The number of non-ortho nitro benzene ring substituents is 1. The molecule has 1 amide bonds. The largest absolute Gasteiger partial charge is 0.484 e. The average molecular weight is 378 g/mol. The zero-order valence-corrected chi connectivity index (χ0v) is 13.4. The number of rotatable bonds is 6. The lowest BCUT2D eigenvalue weighted by atomic mass is 10.2. The summed E-state index contributed by atoms with van der Waals surface area (Å²) in [6, 6.07) is 13.0. The number of carbonyl (C=O) groups is 1. The van der Waals surface area contributed by atoms with Crippen molar-refractivity contribution in [1.82, 2.24) is 5.43 Å². The van der Waals surface area contributed by atoms with Gasteiger partial charge in [-0.15, -0.1) is 0 Å². The van der Waals surface area contributed by atoms with Crippen LogP contribution in [0.25, 0.3) is 0 Å². The SMILES string of the molecule is O=C(COc1cccc(Br)c1)N/N=C/c1cccc([N+](=O)[O-])c1.